The topological polar surface area (TPSA) is 70.8 Å². The predicted molar refractivity (Wildman–Crippen MR) is 68.9 cm³/mol. The first-order valence-corrected chi connectivity index (χ1v) is 6.63. The highest BCUT2D eigenvalue weighted by molar-refractivity contribution is 5.16. The molecule has 1 aliphatic carbocycles. The Bertz CT molecular complexity index is 394. The summed E-state index contributed by atoms with van der Waals surface area (Å²) in [6, 6.07) is 10.3. The minimum Gasteiger partial charge on any atom is -0.389 e. The normalized spacial score (nSPS) is 29.9. The minimum atomic E-state index is -0.596. The van der Waals surface area contributed by atoms with Crippen molar-refractivity contribution in [2.75, 3.05) is 0 Å². The molecule has 1 saturated heterocycles. The van der Waals surface area contributed by atoms with Gasteiger partial charge in [-0.05, 0) is 24.8 Å². The van der Waals surface area contributed by atoms with Crippen LogP contribution in [0.2, 0.25) is 0 Å². The SMILES string of the molecule is N[C@@H](Cc1ccccc1)C(O)C1OC1NC1CC1. The Balaban J connectivity index is 1.48. The molecule has 2 aliphatic rings. The van der Waals surface area contributed by atoms with Crippen LogP contribution in [-0.4, -0.2) is 35.6 Å². The molecule has 3 rings (SSSR count). The van der Waals surface area contributed by atoms with Gasteiger partial charge in [0.1, 0.15) is 12.3 Å². The van der Waals surface area contributed by atoms with Gasteiger partial charge in [-0.25, -0.2) is 0 Å². The molecule has 4 heteroatoms. The third-order valence-electron chi connectivity index (χ3n) is 3.59. The summed E-state index contributed by atoms with van der Waals surface area (Å²) >= 11 is 0. The maximum absolute atomic E-state index is 10.1. The van der Waals surface area contributed by atoms with Gasteiger partial charge in [0.25, 0.3) is 0 Å². The van der Waals surface area contributed by atoms with E-state index in [9.17, 15) is 5.11 Å². The van der Waals surface area contributed by atoms with Crippen molar-refractivity contribution in [3.05, 3.63) is 35.9 Å². The van der Waals surface area contributed by atoms with Crippen molar-refractivity contribution >= 4 is 0 Å². The molecular weight excluding hydrogens is 228 g/mol. The molecule has 0 bridgehead atoms. The summed E-state index contributed by atoms with van der Waals surface area (Å²) in [5.74, 6) is 0. The number of hydrogen-bond donors (Lipinski definition) is 3. The number of epoxide rings is 1. The van der Waals surface area contributed by atoms with Crippen molar-refractivity contribution in [2.24, 2.45) is 5.73 Å². The van der Waals surface area contributed by atoms with Crippen molar-refractivity contribution in [1.29, 1.82) is 0 Å². The summed E-state index contributed by atoms with van der Waals surface area (Å²) in [4.78, 5) is 0. The van der Waals surface area contributed by atoms with Crippen LogP contribution in [0.4, 0.5) is 0 Å². The Kier molecular flexibility index (Phi) is 3.35. The molecular formula is C14H20N2O2. The highest BCUT2D eigenvalue weighted by Gasteiger charge is 2.48. The number of benzene rings is 1. The van der Waals surface area contributed by atoms with Gasteiger partial charge in [0, 0.05) is 12.1 Å². The second kappa shape index (κ2) is 4.97. The summed E-state index contributed by atoms with van der Waals surface area (Å²) in [6.07, 6.45) is 2.40. The molecule has 1 aromatic carbocycles. The van der Waals surface area contributed by atoms with E-state index in [0.29, 0.717) is 12.5 Å². The lowest BCUT2D eigenvalue weighted by Gasteiger charge is -2.17. The highest BCUT2D eigenvalue weighted by Crippen LogP contribution is 2.30. The molecule has 98 valence electrons. The minimum absolute atomic E-state index is 0.00863. The van der Waals surface area contributed by atoms with Crippen molar-refractivity contribution in [1.82, 2.24) is 5.32 Å². The van der Waals surface area contributed by atoms with E-state index in [1.807, 2.05) is 30.3 Å². The van der Waals surface area contributed by atoms with Crippen LogP contribution in [-0.2, 0) is 11.2 Å². The largest absolute Gasteiger partial charge is 0.389 e. The molecule has 1 heterocycles. The van der Waals surface area contributed by atoms with Crippen LogP contribution in [0.3, 0.4) is 0 Å². The molecule has 0 aromatic heterocycles. The Hall–Kier alpha value is -0.940. The zero-order valence-electron chi connectivity index (χ0n) is 10.3. The summed E-state index contributed by atoms with van der Waals surface area (Å²) in [5, 5.41) is 13.5. The Labute approximate surface area is 107 Å². The molecule has 0 spiro atoms. The summed E-state index contributed by atoms with van der Waals surface area (Å²) in [6.45, 7) is 0. The van der Waals surface area contributed by atoms with Gasteiger partial charge in [-0.1, -0.05) is 30.3 Å². The van der Waals surface area contributed by atoms with Crippen LogP contribution in [0.25, 0.3) is 0 Å². The molecule has 4 nitrogen and oxygen atoms in total. The van der Waals surface area contributed by atoms with Crippen molar-refractivity contribution in [3.63, 3.8) is 0 Å². The molecule has 4 atom stereocenters. The second-order valence-electron chi connectivity index (χ2n) is 5.31. The lowest BCUT2D eigenvalue weighted by Crippen LogP contribution is -2.42. The first kappa shape index (κ1) is 12.1. The van der Waals surface area contributed by atoms with Crippen LogP contribution in [0, 0.1) is 0 Å². The Morgan fingerprint density at radius 3 is 2.72 bits per heavy atom. The third-order valence-corrected chi connectivity index (χ3v) is 3.59. The van der Waals surface area contributed by atoms with Gasteiger partial charge in [0.2, 0.25) is 0 Å². The lowest BCUT2D eigenvalue weighted by molar-refractivity contribution is 0.109. The summed E-state index contributed by atoms with van der Waals surface area (Å²) in [5.41, 5.74) is 7.19. The van der Waals surface area contributed by atoms with Gasteiger partial charge in [0.15, 0.2) is 0 Å². The number of nitrogens with one attached hydrogen (secondary N) is 1. The van der Waals surface area contributed by atoms with E-state index in [4.69, 9.17) is 10.5 Å². The van der Waals surface area contributed by atoms with Crippen LogP contribution in [0.15, 0.2) is 30.3 Å². The van der Waals surface area contributed by atoms with Gasteiger partial charge in [0.05, 0.1) is 6.10 Å². The smallest absolute Gasteiger partial charge is 0.138 e. The molecule has 0 radical (unpaired) electrons. The van der Waals surface area contributed by atoms with E-state index in [2.05, 4.69) is 5.32 Å². The Morgan fingerprint density at radius 2 is 2.06 bits per heavy atom. The molecule has 18 heavy (non-hydrogen) atoms. The van der Waals surface area contributed by atoms with E-state index in [-0.39, 0.29) is 18.4 Å². The highest BCUT2D eigenvalue weighted by atomic mass is 16.6. The monoisotopic (exact) mass is 248 g/mol. The fraction of sp³-hybridized carbons (Fsp3) is 0.571. The molecule has 3 unspecified atom stereocenters. The predicted octanol–water partition coefficient (Wildman–Crippen LogP) is 0.394. The van der Waals surface area contributed by atoms with E-state index >= 15 is 0 Å². The maximum atomic E-state index is 10.1. The van der Waals surface area contributed by atoms with Gasteiger partial charge in [-0.15, -0.1) is 0 Å². The molecule has 2 fully saturated rings. The molecule has 1 saturated carbocycles. The molecule has 1 aliphatic heterocycles. The van der Waals surface area contributed by atoms with Crippen molar-refractivity contribution in [3.8, 4) is 0 Å². The second-order valence-corrected chi connectivity index (χ2v) is 5.31. The van der Waals surface area contributed by atoms with E-state index in [1.165, 1.54) is 12.8 Å². The third kappa shape index (κ3) is 2.90. The van der Waals surface area contributed by atoms with E-state index in [0.717, 1.165) is 5.56 Å². The fourth-order valence-electron chi connectivity index (χ4n) is 2.25. The van der Waals surface area contributed by atoms with Gasteiger partial charge >= 0.3 is 0 Å². The molecule has 1 aromatic rings. The van der Waals surface area contributed by atoms with Crippen LogP contribution in [0.1, 0.15) is 18.4 Å². The first-order valence-electron chi connectivity index (χ1n) is 6.63. The number of aliphatic hydroxyl groups is 1. The van der Waals surface area contributed by atoms with Gasteiger partial charge in [-0.3, -0.25) is 5.32 Å². The van der Waals surface area contributed by atoms with Crippen LogP contribution in [0.5, 0.6) is 0 Å². The van der Waals surface area contributed by atoms with E-state index in [1.54, 1.807) is 0 Å². The lowest BCUT2D eigenvalue weighted by atomic mass is 10.00. The average molecular weight is 248 g/mol. The number of hydrogen-bond acceptors (Lipinski definition) is 4. The Morgan fingerprint density at radius 1 is 1.33 bits per heavy atom. The van der Waals surface area contributed by atoms with Crippen LogP contribution < -0.4 is 11.1 Å². The van der Waals surface area contributed by atoms with Crippen LogP contribution >= 0.6 is 0 Å². The van der Waals surface area contributed by atoms with Crippen molar-refractivity contribution in [2.45, 2.75) is 49.8 Å². The van der Waals surface area contributed by atoms with E-state index < -0.39 is 6.10 Å². The molecule has 4 N–H and O–H groups in total. The number of rotatable bonds is 6. The summed E-state index contributed by atoms with van der Waals surface area (Å²) in [7, 11) is 0. The number of aliphatic hydroxyl groups excluding tert-OH is 1. The number of nitrogens with two attached hydrogens (primary N) is 1. The quantitative estimate of drug-likeness (QED) is 0.637. The van der Waals surface area contributed by atoms with Gasteiger partial charge < -0.3 is 15.6 Å². The maximum Gasteiger partial charge on any atom is 0.138 e. The van der Waals surface area contributed by atoms with Crippen molar-refractivity contribution < 1.29 is 9.84 Å². The average Bonchev–Trinajstić information content (AvgIpc) is 3.27. The fourth-order valence-corrected chi connectivity index (χ4v) is 2.25. The zero-order valence-corrected chi connectivity index (χ0v) is 10.3. The van der Waals surface area contributed by atoms with Gasteiger partial charge in [-0.2, -0.15) is 0 Å². The number of ether oxygens (including phenoxy) is 1. The molecule has 0 amide bonds. The first-order chi connectivity index (χ1) is 8.74. The zero-order chi connectivity index (χ0) is 12.5. The standard InChI is InChI=1S/C14H20N2O2/c15-11(8-9-4-2-1-3-5-9)12(17)13-14(18-13)16-10-6-7-10/h1-5,10-14,16-17H,6-8,15H2/t11-,12?,13?,14?/m0/s1. The summed E-state index contributed by atoms with van der Waals surface area (Å²) < 4.78 is 5.45.